The number of carboxylic acid groups (broad SMARTS) is 1. The number of amides is 2. The number of aliphatic carboxylic acids is 1. The monoisotopic (exact) mass is 186 g/mol. The van der Waals surface area contributed by atoms with Crippen molar-refractivity contribution in [3.63, 3.8) is 0 Å². The Bertz CT molecular complexity index is 217. The van der Waals surface area contributed by atoms with Crippen molar-refractivity contribution in [2.24, 2.45) is 5.92 Å². The Labute approximate surface area is 76.5 Å². The van der Waals surface area contributed by atoms with Gasteiger partial charge in [-0.05, 0) is 12.3 Å². The molecule has 1 aliphatic rings. The van der Waals surface area contributed by atoms with Crippen molar-refractivity contribution in [2.45, 2.75) is 25.8 Å². The number of hydrogen-bond donors (Lipinski definition) is 3. The van der Waals surface area contributed by atoms with Crippen LogP contribution in [-0.4, -0.2) is 29.7 Å². The van der Waals surface area contributed by atoms with Crippen LogP contribution in [0.4, 0.5) is 4.79 Å². The third kappa shape index (κ3) is 3.78. The van der Waals surface area contributed by atoms with E-state index in [4.69, 9.17) is 5.11 Å². The molecule has 0 aromatic carbocycles. The Morgan fingerprint density at radius 1 is 1.54 bits per heavy atom. The Balaban J connectivity index is 2.01. The number of rotatable bonds is 4. The van der Waals surface area contributed by atoms with Crippen molar-refractivity contribution in [1.82, 2.24) is 10.6 Å². The smallest absolute Gasteiger partial charge is 0.315 e. The highest BCUT2D eigenvalue weighted by Crippen LogP contribution is 2.28. The molecule has 2 atom stereocenters. The van der Waals surface area contributed by atoms with Gasteiger partial charge in [-0.25, -0.2) is 4.79 Å². The zero-order chi connectivity index (χ0) is 9.84. The van der Waals surface area contributed by atoms with Crippen LogP contribution >= 0.6 is 0 Å². The fourth-order valence-corrected chi connectivity index (χ4v) is 1.03. The molecule has 2 unspecified atom stereocenters. The normalized spacial score (nSPS) is 25.0. The molecule has 5 nitrogen and oxygen atoms in total. The number of carbonyl (C=O) groups is 2. The third-order valence-corrected chi connectivity index (χ3v) is 2.05. The average molecular weight is 186 g/mol. The van der Waals surface area contributed by atoms with Crippen molar-refractivity contribution < 1.29 is 14.7 Å². The summed E-state index contributed by atoms with van der Waals surface area (Å²) >= 11 is 0. The molecule has 0 spiro atoms. The van der Waals surface area contributed by atoms with Crippen LogP contribution in [0.3, 0.4) is 0 Å². The SMILES string of the molecule is CC1CC1NC(=O)NCCC(=O)O. The van der Waals surface area contributed by atoms with Gasteiger partial charge in [-0.1, -0.05) is 6.92 Å². The third-order valence-electron chi connectivity index (χ3n) is 2.05. The quantitative estimate of drug-likeness (QED) is 0.585. The first-order valence-electron chi connectivity index (χ1n) is 4.35. The lowest BCUT2D eigenvalue weighted by molar-refractivity contribution is -0.136. The summed E-state index contributed by atoms with van der Waals surface area (Å²) in [7, 11) is 0. The summed E-state index contributed by atoms with van der Waals surface area (Å²) in [5.41, 5.74) is 0. The van der Waals surface area contributed by atoms with Gasteiger partial charge < -0.3 is 15.7 Å². The predicted octanol–water partition coefficient (Wildman–Crippen LogP) is 0.169. The lowest BCUT2D eigenvalue weighted by Crippen LogP contribution is -2.38. The second-order valence-electron chi connectivity index (χ2n) is 3.36. The number of carbonyl (C=O) groups excluding carboxylic acids is 1. The second kappa shape index (κ2) is 4.11. The fraction of sp³-hybridized carbons (Fsp3) is 0.750. The van der Waals surface area contributed by atoms with E-state index in [0.717, 1.165) is 6.42 Å². The maximum absolute atomic E-state index is 11.0. The van der Waals surface area contributed by atoms with Gasteiger partial charge in [0.2, 0.25) is 0 Å². The highest BCUT2D eigenvalue weighted by atomic mass is 16.4. The van der Waals surface area contributed by atoms with E-state index < -0.39 is 5.97 Å². The highest BCUT2D eigenvalue weighted by molar-refractivity contribution is 5.75. The zero-order valence-corrected chi connectivity index (χ0v) is 7.54. The number of carboxylic acids is 1. The maximum atomic E-state index is 11.0. The highest BCUT2D eigenvalue weighted by Gasteiger charge is 2.33. The molecule has 0 radical (unpaired) electrons. The lowest BCUT2D eigenvalue weighted by atomic mass is 10.4. The van der Waals surface area contributed by atoms with E-state index >= 15 is 0 Å². The van der Waals surface area contributed by atoms with Crippen molar-refractivity contribution in [1.29, 1.82) is 0 Å². The lowest BCUT2D eigenvalue weighted by Gasteiger charge is -2.04. The standard InChI is InChI=1S/C8H14N2O3/c1-5-4-6(5)10-8(13)9-3-2-7(11)12/h5-6H,2-4H2,1H3,(H,11,12)(H2,9,10,13). The van der Waals surface area contributed by atoms with E-state index in [1.54, 1.807) is 0 Å². The van der Waals surface area contributed by atoms with Crippen LogP contribution in [0.2, 0.25) is 0 Å². The summed E-state index contributed by atoms with van der Waals surface area (Å²) in [6.45, 7) is 2.24. The molecule has 0 aromatic heterocycles. The van der Waals surface area contributed by atoms with Crippen LogP contribution in [0, 0.1) is 5.92 Å². The first-order chi connectivity index (χ1) is 6.09. The largest absolute Gasteiger partial charge is 0.481 e. The Morgan fingerprint density at radius 2 is 2.15 bits per heavy atom. The van der Waals surface area contributed by atoms with E-state index in [0.29, 0.717) is 5.92 Å². The molecule has 74 valence electrons. The van der Waals surface area contributed by atoms with Gasteiger partial charge in [0.25, 0.3) is 0 Å². The average Bonchev–Trinajstić information content (AvgIpc) is 2.65. The first-order valence-corrected chi connectivity index (χ1v) is 4.35. The van der Waals surface area contributed by atoms with Gasteiger partial charge in [0.15, 0.2) is 0 Å². The van der Waals surface area contributed by atoms with E-state index in [9.17, 15) is 9.59 Å². The van der Waals surface area contributed by atoms with Crippen LogP contribution < -0.4 is 10.6 Å². The first kappa shape index (κ1) is 9.83. The minimum atomic E-state index is -0.903. The Hall–Kier alpha value is -1.26. The number of hydrogen-bond acceptors (Lipinski definition) is 2. The fourth-order valence-electron chi connectivity index (χ4n) is 1.03. The van der Waals surface area contributed by atoms with Gasteiger partial charge in [-0.3, -0.25) is 4.79 Å². The van der Waals surface area contributed by atoms with Crippen molar-refractivity contribution in [2.75, 3.05) is 6.54 Å². The zero-order valence-electron chi connectivity index (χ0n) is 7.54. The molecule has 3 N–H and O–H groups in total. The summed E-state index contributed by atoms with van der Waals surface area (Å²) < 4.78 is 0. The Kier molecular flexibility index (Phi) is 3.11. The molecule has 1 rings (SSSR count). The molecule has 1 saturated carbocycles. The van der Waals surface area contributed by atoms with E-state index in [-0.39, 0.29) is 25.0 Å². The topological polar surface area (TPSA) is 78.4 Å². The predicted molar refractivity (Wildman–Crippen MR) is 46.4 cm³/mol. The van der Waals surface area contributed by atoms with Crippen molar-refractivity contribution in [3.8, 4) is 0 Å². The van der Waals surface area contributed by atoms with E-state index in [1.165, 1.54) is 0 Å². The molecule has 1 fully saturated rings. The van der Waals surface area contributed by atoms with Crippen molar-refractivity contribution >= 4 is 12.0 Å². The van der Waals surface area contributed by atoms with Crippen LogP contribution in [0.5, 0.6) is 0 Å². The van der Waals surface area contributed by atoms with Gasteiger partial charge in [0.1, 0.15) is 0 Å². The maximum Gasteiger partial charge on any atom is 0.315 e. The summed E-state index contributed by atoms with van der Waals surface area (Å²) in [5, 5.41) is 13.5. The van der Waals surface area contributed by atoms with Gasteiger partial charge in [0.05, 0.1) is 6.42 Å². The van der Waals surface area contributed by atoms with Crippen LogP contribution in [-0.2, 0) is 4.79 Å². The van der Waals surface area contributed by atoms with Gasteiger partial charge in [-0.2, -0.15) is 0 Å². The van der Waals surface area contributed by atoms with Crippen LogP contribution in [0.25, 0.3) is 0 Å². The molecule has 13 heavy (non-hydrogen) atoms. The van der Waals surface area contributed by atoms with Gasteiger partial charge in [-0.15, -0.1) is 0 Å². The molecule has 0 saturated heterocycles. The molecule has 0 bridgehead atoms. The molecular weight excluding hydrogens is 172 g/mol. The van der Waals surface area contributed by atoms with Crippen LogP contribution in [0.1, 0.15) is 19.8 Å². The molecule has 0 aliphatic heterocycles. The summed E-state index contributed by atoms with van der Waals surface area (Å²) in [6, 6.07) is 0.0143. The summed E-state index contributed by atoms with van der Waals surface area (Å²) in [5.74, 6) is -0.342. The Morgan fingerprint density at radius 3 is 2.62 bits per heavy atom. The molecule has 0 heterocycles. The minimum absolute atomic E-state index is 0.0341. The number of urea groups is 1. The van der Waals surface area contributed by atoms with E-state index in [1.807, 2.05) is 0 Å². The number of nitrogens with one attached hydrogen (secondary N) is 2. The molecule has 0 aromatic rings. The molecule has 5 heteroatoms. The van der Waals surface area contributed by atoms with Crippen LogP contribution in [0.15, 0.2) is 0 Å². The molecular formula is C8H14N2O3. The summed E-state index contributed by atoms with van der Waals surface area (Å²) in [4.78, 5) is 21.1. The van der Waals surface area contributed by atoms with Crippen molar-refractivity contribution in [3.05, 3.63) is 0 Å². The molecule has 2 amide bonds. The summed E-state index contributed by atoms with van der Waals surface area (Å²) in [6.07, 6.45) is 0.986. The minimum Gasteiger partial charge on any atom is -0.481 e. The van der Waals surface area contributed by atoms with E-state index in [2.05, 4.69) is 17.6 Å². The van der Waals surface area contributed by atoms with Gasteiger partial charge >= 0.3 is 12.0 Å². The second-order valence-corrected chi connectivity index (χ2v) is 3.36. The molecule has 1 aliphatic carbocycles. The van der Waals surface area contributed by atoms with Gasteiger partial charge in [0, 0.05) is 12.6 Å².